The van der Waals surface area contributed by atoms with Crippen molar-refractivity contribution in [2.24, 2.45) is 0 Å². The largest absolute Gasteiger partial charge is 0.489 e. The predicted octanol–water partition coefficient (Wildman–Crippen LogP) is 2.98. The fourth-order valence-electron chi connectivity index (χ4n) is 1.81. The van der Waals surface area contributed by atoms with Gasteiger partial charge in [0.1, 0.15) is 12.4 Å². The minimum atomic E-state index is -0.486. The third kappa shape index (κ3) is 4.59. The van der Waals surface area contributed by atoms with Gasteiger partial charge < -0.3 is 4.74 Å². The topological polar surface area (TPSA) is 67.4 Å². The summed E-state index contributed by atoms with van der Waals surface area (Å²) < 4.78 is 5.41. The average molecular weight is 331 g/mol. The van der Waals surface area contributed by atoms with Crippen LogP contribution in [0.2, 0.25) is 5.02 Å². The van der Waals surface area contributed by atoms with Crippen LogP contribution in [0.5, 0.6) is 5.75 Å². The summed E-state index contributed by atoms with van der Waals surface area (Å²) in [4.78, 5) is 24.1. The van der Waals surface area contributed by atoms with Gasteiger partial charge in [-0.25, -0.2) is 0 Å². The summed E-state index contributed by atoms with van der Waals surface area (Å²) in [6, 6.07) is 13.1. The van der Waals surface area contributed by atoms with Gasteiger partial charge in [0.25, 0.3) is 11.8 Å². The lowest BCUT2D eigenvalue weighted by Crippen LogP contribution is -2.41. The maximum absolute atomic E-state index is 12.2. The van der Waals surface area contributed by atoms with Crippen molar-refractivity contribution in [3.63, 3.8) is 0 Å². The Balaban J connectivity index is 2.02. The van der Waals surface area contributed by atoms with Crippen molar-refractivity contribution in [1.29, 1.82) is 0 Å². The fraction of sp³-hybridized carbons (Fsp3) is 0.0588. The Morgan fingerprint density at radius 2 is 1.83 bits per heavy atom. The van der Waals surface area contributed by atoms with E-state index < -0.39 is 11.8 Å². The number of halogens is 1. The first-order chi connectivity index (χ1) is 11.1. The fourth-order valence-corrected chi connectivity index (χ4v) is 2.00. The van der Waals surface area contributed by atoms with Gasteiger partial charge in [0.15, 0.2) is 0 Å². The van der Waals surface area contributed by atoms with Crippen molar-refractivity contribution in [2.45, 2.75) is 0 Å². The number of nitrogens with one attached hydrogen (secondary N) is 2. The maximum atomic E-state index is 12.2. The van der Waals surface area contributed by atoms with Crippen LogP contribution in [0.3, 0.4) is 0 Å². The van der Waals surface area contributed by atoms with Crippen LogP contribution < -0.4 is 15.6 Å². The van der Waals surface area contributed by atoms with Gasteiger partial charge in [0.2, 0.25) is 0 Å². The molecule has 0 aliphatic heterocycles. The van der Waals surface area contributed by atoms with Gasteiger partial charge in [-0.2, -0.15) is 0 Å². The van der Waals surface area contributed by atoms with Crippen LogP contribution in [0.1, 0.15) is 20.7 Å². The molecule has 0 bridgehead atoms. The SMILES string of the molecule is C=CCOc1ccccc1C(=O)NNC(=O)c1cccc(Cl)c1. The summed E-state index contributed by atoms with van der Waals surface area (Å²) in [5.41, 5.74) is 5.33. The highest BCUT2D eigenvalue weighted by atomic mass is 35.5. The van der Waals surface area contributed by atoms with Crippen molar-refractivity contribution in [1.82, 2.24) is 10.9 Å². The Morgan fingerprint density at radius 3 is 2.57 bits per heavy atom. The molecule has 118 valence electrons. The van der Waals surface area contributed by atoms with E-state index in [-0.39, 0.29) is 6.61 Å². The first-order valence-electron chi connectivity index (χ1n) is 6.81. The second-order valence-corrected chi connectivity index (χ2v) is 4.95. The molecular weight excluding hydrogens is 316 g/mol. The second-order valence-electron chi connectivity index (χ2n) is 4.51. The highest BCUT2D eigenvalue weighted by Crippen LogP contribution is 2.17. The Hall–Kier alpha value is -2.79. The quantitative estimate of drug-likeness (QED) is 0.654. The Bertz CT molecular complexity index is 731. The van der Waals surface area contributed by atoms with E-state index in [2.05, 4.69) is 17.4 Å². The van der Waals surface area contributed by atoms with Crippen molar-refractivity contribution in [2.75, 3.05) is 6.61 Å². The molecule has 0 saturated heterocycles. The smallest absolute Gasteiger partial charge is 0.273 e. The van der Waals surface area contributed by atoms with Crippen molar-refractivity contribution in [3.05, 3.63) is 77.3 Å². The lowest BCUT2D eigenvalue weighted by molar-refractivity contribution is 0.0844. The van der Waals surface area contributed by atoms with Crippen molar-refractivity contribution in [3.8, 4) is 5.75 Å². The van der Waals surface area contributed by atoms with E-state index in [1.807, 2.05) is 0 Å². The zero-order valence-electron chi connectivity index (χ0n) is 12.2. The first kappa shape index (κ1) is 16.6. The summed E-state index contributed by atoms with van der Waals surface area (Å²) in [5.74, 6) is -0.549. The molecule has 0 aliphatic carbocycles. The van der Waals surface area contributed by atoms with E-state index >= 15 is 0 Å². The Kier molecular flexibility index (Phi) is 5.77. The summed E-state index contributed by atoms with van der Waals surface area (Å²) >= 11 is 5.82. The number of para-hydroxylation sites is 1. The second kappa shape index (κ2) is 8.00. The number of benzene rings is 2. The molecule has 2 amide bonds. The Labute approximate surface area is 138 Å². The molecule has 5 nitrogen and oxygen atoms in total. The molecule has 23 heavy (non-hydrogen) atoms. The Morgan fingerprint density at radius 1 is 1.09 bits per heavy atom. The normalized spacial score (nSPS) is 9.78. The summed E-state index contributed by atoms with van der Waals surface area (Å²) in [5, 5.41) is 0.437. The molecule has 0 unspecified atom stereocenters. The molecule has 0 saturated carbocycles. The van der Waals surface area contributed by atoms with Gasteiger partial charge in [-0.05, 0) is 30.3 Å². The molecule has 0 aliphatic rings. The molecular formula is C17H15ClN2O3. The molecule has 2 rings (SSSR count). The van der Waals surface area contributed by atoms with Gasteiger partial charge in [-0.3, -0.25) is 20.4 Å². The third-order valence-corrected chi connectivity index (χ3v) is 3.10. The molecule has 0 atom stereocenters. The van der Waals surface area contributed by atoms with Gasteiger partial charge in [0, 0.05) is 10.6 Å². The molecule has 6 heteroatoms. The standard InChI is InChI=1S/C17H15ClN2O3/c1-2-10-23-15-9-4-3-8-14(15)17(22)20-19-16(21)12-6-5-7-13(18)11-12/h2-9,11H,1,10H2,(H,19,21)(H,20,22). The van der Waals surface area contributed by atoms with Crippen LogP contribution in [0, 0.1) is 0 Å². The minimum absolute atomic E-state index is 0.277. The molecule has 0 radical (unpaired) electrons. The number of ether oxygens (including phenoxy) is 1. The number of carbonyl (C=O) groups is 2. The van der Waals surface area contributed by atoms with Crippen LogP contribution in [0.15, 0.2) is 61.2 Å². The molecule has 0 fully saturated rings. The summed E-state index contributed by atoms with van der Waals surface area (Å²) in [7, 11) is 0. The average Bonchev–Trinajstić information content (AvgIpc) is 2.57. The van der Waals surface area contributed by atoms with E-state index in [9.17, 15) is 9.59 Å². The van der Waals surface area contributed by atoms with E-state index in [0.29, 0.717) is 21.9 Å². The molecule has 2 aromatic rings. The summed E-state index contributed by atoms with van der Waals surface area (Å²) in [6.07, 6.45) is 1.58. The van der Waals surface area contributed by atoms with Gasteiger partial charge >= 0.3 is 0 Å². The van der Waals surface area contributed by atoms with Crippen molar-refractivity contribution >= 4 is 23.4 Å². The number of carbonyl (C=O) groups excluding carboxylic acids is 2. The molecule has 0 spiro atoms. The minimum Gasteiger partial charge on any atom is -0.489 e. The number of hydrogen-bond donors (Lipinski definition) is 2. The molecule has 2 N–H and O–H groups in total. The molecule has 2 aromatic carbocycles. The number of amides is 2. The van der Waals surface area contributed by atoms with E-state index in [1.54, 1.807) is 48.5 Å². The van der Waals surface area contributed by atoms with Crippen LogP contribution in [-0.2, 0) is 0 Å². The van der Waals surface area contributed by atoms with Gasteiger partial charge in [-0.1, -0.05) is 42.5 Å². The van der Waals surface area contributed by atoms with Gasteiger partial charge in [0.05, 0.1) is 5.56 Å². The predicted molar refractivity (Wildman–Crippen MR) is 88.5 cm³/mol. The highest BCUT2D eigenvalue weighted by Gasteiger charge is 2.13. The van der Waals surface area contributed by atoms with Crippen LogP contribution >= 0.6 is 11.6 Å². The van der Waals surface area contributed by atoms with Crippen molar-refractivity contribution < 1.29 is 14.3 Å². The monoisotopic (exact) mass is 330 g/mol. The zero-order valence-corrected chi connectivity index (χ0v) is 13.0. The maximum Gasteiger partial charge on any atom is 0.273 e. The number of hydrazine groups is 1. The lowest BCUT2D eigenvalue weighted by Gasteiger charge is -2.11. The highest BCUT2D eigenvalue weighted by molar-refractivity contribution is 6.30. The van der Waals surface area contributed by atoms with E-state index in [4.69, 9.17) is 16.3 Å². The number of hydrogen-bond acceptors (Lipinski definition) is 3. The van der Waals surface area contributed by atoms with E-state index in [0.717, 1.165) is 0 Å². The first-order valence-corrected chi connectivity index (χ1v) is 7.18. The van der Waals surface area contributed by atoms with Crippen LogP contribution in [-0.4, -0.2) is 18.4 Å². The molecule has 0 aromatic heterocycles. The van der Waals surface area contributed by atoms with E-state index in [1.165, 1.54) is 6.07 Å². The summed E-state index contributed by atoms with van der Waals surface area (Å²) in [6.45, 7) is 3.83. The van der Waals surface area contributed by atoms with Gasteiger partial charge in [-0.15, -0.1) is 0 Å². The third-order valence-electron chi connectivity index (χ3n) is 2.86. The number of rotatable bonds is 5. The zero-order chi connectivity index (χ0) is 16.7. The van der Waals surface area contributed by atoms with Crippen LogP contribution in [0.25, 0.3) is 0 Å². The molecule has 0 heterocycles. The lowest BCUT2D eigenvalue weighted by atomic mass is 10.2. The van der Waals surface area contributed by atoms with Crippen LogP contribution in [0.4, 0.5) is 0 Å².